The first-order valence-corrected chi connectivity index (χ1v) is 10.4. The molecule has 0 aliphatic carbocycles. The zero-order valence-electron chi connectivity index (χ0n) is 16.7. The van der Waals surface area contributed by atoms with Gasteiger partial charge in [0.2, 0.25) is 0 Å². The molecule has 1 N–H and O–H groups in total. The Morgan fingerprint density at radius 1 is 0.968 bits per heavy atom. The van der Waals surface area contributed by atoms with Gasteiger partial charge in [-0.1, -0.05) is 6.07 Å². The smallest absolute Gasteiger partial charge is 0.141 e. The molecule has 8 heteroatoms. The maximum atomic E-state index is 14.0. The molecule has 3 aliphatic rings. The fraction of sp³-hybridized carbons (Fsp3) is 0.261. The van der Waals surface area contributed by atoms with E-state index < -0.39 is 11.6 Å². The van der Waals surface area contributed by atoms with Crippen LogP contribution < -0.4 is 4.90 Å². The minimum absolute atomic E-state index is 0.161. The number of pyridine rings is 1. The van der Waals surface area contributed by atoms with Crippen molar-refractivity contribution in [1.29, 1.82) is 0 Å². The third kappa shape index (κ3) is 3.06. The molecule has 3 aromatic heterocycles. The summed E-state index contributed by atoms with van der Waals surface area (Å²) in [7, 11) is 0. The molecule has 3 saturated heterocycles. The van der Waals surface area contributed by atoms with Crippen molar-refractivity contribution in [3.63, 3.8) is 0 Å². The van der Waals surface area contributed by atoms with Crippen LogP contribution in [0.2, 0.25) is 0 Å². The molecule has 0 amide bonds. The van der Waals surface area contributed by atoms with Crippen LogP contribution >= 0.6 is 0 Å². The number of anilines is 1. The molecule has 4 aromatic rings. The number of hydrogen-bond donors (Lipinski definition) is 1. The maximum absolute atomic E-state index is 14.0. The number of piperazine rings is 1. The number of hydrogen-bond acceptors (Lipinski definition) is 5. The number of halogens is 2. The molecule has 6 nitrogen and oxygen atoms in total. The second-order valence-electron chi connectivity index (χ2n) is 8.19. The summed E-state index contributed by atoms with van der Waals surface area (Å²) in [5, 5.41) is 0.965. The average molecular weight is 418 g/mol. The molecule has 2 atom stereocenters. The molecule has 2 bridgehead atoms. The summed E-state index contributed by atoms with van der Waals surface area (Å²) in [6, 6.07) is 10.6. The number of rotatable bonds is 4. The Kier molecular flexibility index (Phi) is 4.21. The number of benzene rings is 1. The Bertz CT molecular complexity index is 1220. The van der Waals surface area contributed by atoms with Gasteiger partial charge in [-0.05, 0) is 36.8 Å². The summed E-state index contributed by atoms with van der Waals surface area (Å²) < 4.78 is 28.1. The van der Waals surface area contributed by atoms with Gasteiger partial charge < -0.3 is 9.88 Å². The lowest BCUT2D eigenvalue weighted by Gasteiger charge is -2.56. The molecule has 7 rings (SSSR count). The van der Waals surface area contributed by atoms with Crippen LogP contribution in [0.25, 0.3) is 22.3 Å². The molecule has 31 heavy (non-hydrogen) atoms. The second kappa shape index (κ2) is 7.09. The molecular formula is C23H20F2N6. The van der Waals surface area contributed by atoms with E-state index in [2.05, 4.69) is 29.7 Å². The maximum Gasteiger partial charge on any atom is 0.141 e. The van der Waals surface area contributed by atoms with Crippen LogP contribution in [0.3, 0.4) is 0 Å². The fourth-order valence-corrected chi connectivity index (χ4v) is 4.81. The molecule has 3 fully saturated rings. The number of nitrogens with zero attached hydrogens (tertiary/aromatic N) is 5. The van der Waals surface area contributed by atoms with Crippen LogP contribution in [0.15, 0.2) is 55.1 Å². The van der Waals surface area contributed by atoms with Crippen LogP contribution in [0.5, 0.6) is 0 Å². The minimum atomic E-state index is -0.472. The Morgan fingerprint density at radius 2 is 1.77 bits per heavy atom. The van der Waals surface area contributed by atoms with E-state index >= 15 is 0 Å². The summed E-state index contributed by atoms with van der Waals surface area (Å²) in [5.74, 6) is -0.0322. The Hall–Kier alpha value is -3.39. The van der Waals surface area contributed by atoms with E-state index in [4.69, 9.17) is 0 Å². The second-order valence-corrected chi connectivity index (χ2v) is 8.19. The number of fused-ring (bicyclic) bond motifs is 3. The topological polar surface area (TPSA) is 60.9 Å². The highest BCUT2D eigenvalue weighted by molar-refractivity contribution is 5.90. The van der Waals surface area contributed by atoms with Crippen LogP contribution in [-0.2, 0) is 6.54 Å². The standard InChI is InChI=1S/C23H20F2N6/c24-19-2-1-3-20(25)18(19)12-31-15-8-16(31)11-30(10-15)21-5-4-14(9-27-21)22-17-6-7-26-23(17)29-13-28-22/h1-7,9,13,15-16H,8,10-12H2,(H,26,28,29). The first-order valence-electron chi connectivity index (χ1n) is 10.4. The van der Waals surface area contributed by atoms with E-state index in [1.54, 1.807) is 6.33 Å². The molecule has 1 aromatic carbocycles. The fourth-order valence-electron chi connectivity index (χ4n) is 4.81. The predicted octanol–water partition coefficient (Wildman–Crippen LogP) is 3.76. The van der Waals surface area contributed by atoms with Gasteiger partial charge in [0.05, 0.1) is 5.69 Å². The molecule has 156 valence electrons. The van der Waals surface area contributed by atoms with Crippen LogP contribution in [-0.4, -0.2) is 50.0 Å². The summed E-state index contributed by atoms with van der Waals surface area (Å²) in [4.78, 5) is 20.9. The van der Waals surface area contributed by atoms with Gasteiger partial charge >= 0.3 is 0 Å². The van der Waals surface area contributed by atoms with Gasteiger partial charge in [0.15, 0.2) is 0 Å². The van der Waals surface area contributed by atoms with Gasteiger partial charge in [-0.2, -0.15) is 0 Å². The first kappa shape index (κ1) is 18.4. The van der Waals surface area contributed by atoms with Crippen molar-refractivity contribution in [3.8, 4) is 11.3 Å². The Morgan fingerprint density at radius 3 is 2.52 bits per heavy atom. The lowest BCUT2D eigenvalue weighted by molar-refractivity contribution is -0.0103. The quantitative estimate of drug-likeness (QED) is 0.547. The molecule has 0 saturated carbocycles. The van der Waals surface area contributed by atoms with E-state index in [0.717, 1.165) is 47.6 Å². The highest BCUT2D eigenvalue weighted by Gasteiger charge is 2.45. The number of piperidine rings is 1. The normalized spacial score (nSPS) is 20.8. The van der Waals surface area contributed by atoms with Crippen molar-refractivity contribution in [2.45, 2.75) is 25.0 Å². The first-order chi connectivity index (χ1) is 15.2. The lowest BCUT2D eigenvalue weighted by atomic mass is 9.86. The average Bonchev–Trinajstić information content (AvgIpc) is 3.28. The van der Waals surface area contributed by atoms with Gasteiger partial charge in [-0.25, -0.2) is 23.7 Å². The molecule has 3 aliphatic heterocycles. The number of aromatic nitrogens is 4. The zero-order valence-corrected chi connectivity index (χ0v) is 16.7. The number of aromatic amines is 1. The predicted molar refractivity (Wildman–Crippen MR) is 113 cm³/mol. The number of nitrogens with one attached hydrogen (secondary N) is 1. The van der Waals surface area contributed by atoms with Crippen molar-refractivity contribution in [3.05, 3.63) is 72.3 Å². The Balaban J connectivity index is 1.18. The lowest BCUT2D eigenvalue weighted by Crippen LogP contribution is -2.68. The van der Waals surface area contributed by atoms with Gasteiger partial charge in [0.25, 0.3) is 0 Å². The van der Waals surface area contributed by atoms with E-state index in [1.165, 1.54) is 18.2 Å². The third-order valence-corrected chi connectivity index (χ3v) is 6.45. The highest BCUT2D eigenvalue weighted by Crippen LogP contribution is 2.36. The summed E-state index contributed by atoms with van der Waals surface area (Å²) in [6.07, 6.45) is 6.30. The van der Waals surface area contributed by atoms with Crippen molar-refractivity contribution < 1.29 is 8.78 Å². The van der Waals surface area contributed by atoms with Crippen molar-refractivity contribution in [2.75, 3.05) is 18.0 Å². The van der Waals surface area contributed by atoms with Crippen LogP contribution in [0, 0.1) is 11.6 Å². The molecule has 2 unspecified atom stereocenters. The monoisotopic (exact) mass is 418 g/mol. The Labute approximate surface area is 177 Å². The van der Waals surface area contributed by atoms with Crippen molar-refractivity contribution >= 4 is 16.9 Å². The molecular weight excluding hydrogens is 398 g/mol. The van der Waals surface area contributed by atoms with E-state index in [0.29, 0.717) is 6.54 Å². The summed E-state index contributed by atoms with van der Waals surface area (Å²) in [6.45, 7) is 1.91. The van der Waals surface area contributed by atoms with Crippen molar-refractivity contribution in [2.24, 2.45) is 0 Å². The van der Waals surface area contributed by atoms with Crippen LogP contribution in [0.4, 0.5) is 14.6 Å². The minimum Gasteiger partial charge on any atom is -0.353 e. The van der Waals surface area contributed by atoms with Gasteiger partial charge in [0, 0.05) is 60.6 Å². The van der Waals surface area contributed by atoms with E-state index in [1.807, 2.05) is 30.6 Å². The summed E-state index contributed by atoms with van der Waals surface area (Å²) >= 11 is 0. The van der Waals surface area contributed by atoms with E-state index in [-0.39, 0.29) is 17.6 Å². The molecule has 0 spiro atoms. The molecule has 0 radical (unpaired) electrons. The van der Waals surface area contributed by atoms with Gasteiger partial charge in [0.1, 0.15) is 29.4 Å². The highest BCUT2D eigenvalue weighted by atomic mass is 19.1. The molecule has 6 heterocycles. The third-order valence-electron chi connectivity index (χ3n) is 6.45. The van der Waals surface area contributed by atoms with Crippen LogP contribution in [0.1, 0.15) is 12.0 Å². The van der Waals surface area contributed by atoms with Crippen molar-refractivity contribution in [1.82, 2.24) is 24.8 Å². The zero-order chi connectivity index (χ0) is 20.9. The number of H-pyrrole nitrogens is 1. The van der Waals surface area contributed by atoms with Gasteiger partial charge in [-0.15, -0.1) is 0 Å². The van der Waals surface area contributed by atoms with Gasteiger partial charge in [-0.3, -0.25) is 4.90 Å². The summed E-state index contributed by atoms with van der Waals surface area (Å²) in [5.41, 5.74) is 2.75. The van der Waals surface area contributed by atoms with E-state index in [9.17, 15) is 8.78 Å². The SMILES string of the molecule is Fc1cccc(F)c1CN1C2CC1CN(c1ccc(-c3ncnc4[nH]ccc34)cn1)C2. The largest absolute Gasteiger partial charge is 0.353 e.